The second kappa shape index (κ2) is 12.0. The van der Waals surface area contributed by atoms with E-state index in [1.165, 1.54) is 33.6 Å². The Morgan fingerprint density at radius 1 is 1.19 bits per heavy atom. The summed E-state index contributed by atoms with van der Waals surface area (Å²) >= 11 is 13.9. The Bertz CT molecular complexity index is 1570. The van der Waals surface area contributed by atoms with Gasteiger partial charge >= 0.3 is 0 Å². The summed E-state index contributed by atoms with van der Waals surface area (Å²) in [7, 11) is 2.08. The molecule has 218 valence electrons. The Kier molecular flexibility index (Phi) is 8.32. The van der Waals surface area contributed by atoms with Gasteiger partial charge in [-0.25, -0.2) is 4.98 Å². The first kappa shape index (κ1) is 29.2. The molecular weight excluding hydrogens is 589 g/mol. The van der Waals surface area contributed by atoms with Crippen molar-refractivity contribution in [3.05, 3.63) is 74.1 Å². The van der Waals surface area contributed by atoms with Crippen molar-refractivity contribution in [2.45, 2.75) is 38.3 Å². The Labute approximate surface area is 260 Å². The van der Waals surface area contributed by atoms with Gasteiger partial charge in [0.05, 0.1) is 18.7 Å². The fraction of sp³-hybridized carbons (Fsp3) is 0.406. The third-order valence-corrected chi connectivity index (χ3v) is 10.2. The zero-order valence-electron chi connectivity index (χ0n) is 23.7. The van der Waals surface area contributed by atoms with Crippen LogP contribution in [-0.4, -0.2) is 71.7 Å². The third-order valence-electron chi connectivity index (χ3n) is 8.73. The number of β-amino-alcohol motifs (C(OH)–C–C–N with tert-alkyl or cyclic N) is 1. The molecule has 1 amide bonds. The molecule has 0 saturated carbocycles. The highest BCUT2D eigenvalue weighted by Gasteiger charge is 2.36. The first-order chi connectivity index (χ1) is 20.2. The van der Waals surface area contributed by atoms with E-state index in [2.05, 4.69) is 54.1 Å². The molecule has 1 N–H and O–H groups in total. The predicted octanol–water partition coefficient (Wildman–Crippen LogP) is 6.04. The summed E-state index contributed by atoms with van der Waals surface area (Å²) in [6, 6.07) is 14.6. The fourth-order valence-electron chi connectivity index (χ4n) is 6.40. The SMILES string of the molecule is CCC1Cc2ccc(C3=CCN(CC(=O)N4CC(O)C4)CC3)cc2C1N(C)c1nc(-c2cc(Cl)cc(Cl)c2)c(C#N)s1. The van der Waals surface area contributed by atoms with Gasteiger partial charge < -0.3 is 14.9 Å². The number of carbonyl (C=O) groups is 1. The molecular formula is C32H33Cl2N5O2S. The molecule has 2 unspecified atom stereocenters. The Morgan fingerprint density at radius 2 is 1.95 bits per heavy atom. The van der Waals surface area contributed by atoms with Gasteiger partial charge in [0, 0.05) is 48.8 Å². The van der Waals surface area contributed by atoms with E-state index in [4.69, 9.17) is 28.2 Å². The van der Waals surface area contributed by atoms with Crippen molar-refractivity contribution in [1.82, 2.24) is 14.8 Å². The van der Waals surface area contributed by atoms with Gasteiger partial charge in [-0.15, -0.1) is 0 Å². The smallest absolute Gasteiger partial charge is 0.236 e. The summed E-state index contributed by atoms with van der Waals surface area (Å²) in [6.07, 6.45) is 4.80. The van der Waals surface area contributed by atoms with Crippen LogP contribution in [0.1, 0.15) is 47.4 Å². The average molecular weight is 623 g/mol. The lowest BCUT2D eigenvalue weighted by Gasteiger charge is -2.37. The summed E-state index contributed by atoms with van der Waals surface area (Å²) < 4.78 is 0. The van der Waals surface area contributed by atoms with Crippen LogP contribution in [0, 0.1) is 17.2 Å². The molecule has 3 aliphatic rings. The number of carbonyl (C=O) groups excluding carboxylic acids is 1. The first-order valence-corrected chi connectivity index (χ1v) is 15.9. The number of aliphatic hydroxyl groups excluding tert-OH is 1. The van der Waals surface area contributed by atoms with Crippen molar-refractivity contribution in [1.29, 1.82) is 5.26 Å². The van der Waals surface area contributed by atoms with E-state index in [1.807, 2.05) is 0 Å². The van der Waals surface area contributed by atoms with Gasteiger partial charge in [-0.3, -0.25) is 9.69 Å². The molecule has 3 aromatic rings. The number of likely N-dealkylation sites (tertiary alicyclic amines) is 1. The first-order valence-electron chi connectivity index (χ1n) is 14.3. The molecule has 42 heavy (non-hydrogen) atoms. The maximum absolute atomic E-state index is 12.5. The number of fused-ring (bicyclic) bond motifs is 1. The number of hydrogen-bond donors (Lipinski definition) is 1. The van der Waals surface area contributed by atoms with Crippen LogP contribution in [0.4, 0.5) is 5.13 Å². The van der Waals surface area contributed by atoms with Crippen LogP contribution in [0.2, 0.25) is 10.0 Å². The largest absolute Gasteiger partial charge is 0.389 e. The molecule has 3 heterocycles. The fourth-order valence-corrected chi connectivity index (χ4v) is 7.81. The molecule has 1 fully saturated rings. The summed E-state index contributed by atoms with van der Waals surface area (Å²) in [5, 5.41) is 21.2. The van der Waals surface area contributed by atoms with Gasteiger partial charge in [0.2, 0.25) is 5.91 Å². The third kappa shape index (κ3) is 5.69. The number of rotatable bonds is 7. The van der Waals surface area contributed by atoms with Crippen molar-refractivity contribution < 1.29 is 9.90 Å². The minimum absolute atomic E-state index is 0.0922. The van der Waals surface area contributed by atoms with Gasteiger partial charge in [-0.2, -0.15) is 5.26 Å². The second-order valence-corrected chi connectivity index (χ2v) is 13.3. The van der Waals surface area contributed by atoms with Crippen molar-refractivity contribution in [3.63, 3.8) is 0 Å². The van der Waals surface area contributed by atoms with Crippen LogP contribution >= 0.6 is 34.5 Å². The molecule has 1 saturated heterocycles. The zero-order valence-corrected chi connectivity index (χ0v) is 26.0. The quantitative estimate of drug-likeness (QED) is 0.346. The maximum atomic E-state index is 12.5. The molecule has 0 spiro atoms. The topological polar surface area (TPSA) is 83.7 Å². The molecule has 0 bridgehead atoms. The highest BCUT2D eigenvalue weighted by Crippen LogP contribution is 2.46. The second-order valence-electron chi connectivity index (χ2n) is 11.5. The molecule has 6 rings (SSSR count). The summed E-state index contributed by atoms with van der Waals surface area (Å²) in [5.41, 5.74) is 6.56. The lowest BCUT2D eigenvalue weighted by molar-refractivity contribution is -0.142. The summed E-state index contributed by atoms with van der Waals surface area (Å²) in [4.78, 5) is 24.1. The number of aromatic nitrogens is 1. The van der Waals surface area contributed by atoms with Crippen molar-refractivity contribution in [2.75, 3.05) is 44.7 Å². The van der Waals surface area contributed by atoms with E-state index in [9.17, 15) is 15.2 Å². The highest BCUT2D eigenvalue weighted by atomic mass is 35.5. The maximum Gasteiger partial charge on any atom is 0.236 e. The molecule has 2 aromatic carbocycles. The van der Waals surface area contributed by atoms with E-state index in [0.717, 1.165) is 43.0 Å². The van der Waals surface area contributed by atoms with E-state index in [-0.39, 0.29) is 18.1 Å². The van der Waals surface area contributed by atoms with Crippen LogP contribution in [0.5, 0.6) is 0 Å². The minimum atomic E-state index is -0.370. The van der Waals surface area contributed by atoms with Crippen LogP contribution in [0.3, 0.4) is 0 Å². The molecule has 10 heteroatoms. The molecule has 2 aliphatic heterocycles. The number of amides is 1. The molecule has 1 aliphatic carbocycles. The number of thiazole rings is 1. The van der Waals surface area contributed by atoms with E-state index in [1.54, 1.807) is 23.1 Å². The van der Waals surface area contributed by atoms with Gasteiger partial charge in [0.25, 0.3) is 0 Å². The number of halogens is 2. The Balaban J connectivity index is 1.23. The average Bonchev–Trinajstić information content (AvgIpc) is 3.56. The number of aliphatic hydroxyl groups is 1. The van der Waals surface area contributed by atoms with Crippen LogP contribution in [0.15, 0.2) is 42.5 Å². The Hall–Kier alpha value is -2.93. The van der Waals surface area contributed by atoms with Gasteiger partial charge in [0.1, 0.15) is 16.6 Å². The van der Waals surface area contributed by atoms with Crippen molar-refractivity contribution >= 4 is 51.2 Å². The zero-order chi connectivity index (χ0) is 29.5. The number of benzene rings is 2. The molecule has 0 radical (unpaired) electrons. The van der Waals surface area contributed by atoms with E-state index in [0.29, 0.717) is 46.2 Å². The van der Waals surface area contributed by atoms with Crippen molar-refractivity contribution in [2.24, 2.45) is 5.92 Å². The molecule has 1 aromatic heterocycles. The lowest BCUT2D eigenvalue weighted by atomic mass is 9.93. The number of hydrogen-bond acceptors (Lipinski definition) is 7. The Morgan fingerprint density at radius 3 is 2.60 bits per heavy atom. The number of nitriles is 1. The van der Waals surface area contributed by atoms with Crippen LogP contribution in [0.25, 0.3) is 16.8 Å². The minimum Gasteiger partial charge on any atom is -0.389 e. The highest BCUT2D eigenvalue weighted by molar-refractivity contribution is 7.16. The van der Waals surface area contributed by atoms with Crippen LogP contribution in [-0.2, 0) is 11.2 Å². The van der Waals surface area contributed by atoms with E-state index < -0.39 is 0 Å². The predicted molar refractivity (Wildman–Crippen MR) is 169 cm³/mol. The van der Waals surface area contributed by atoms with Gasteiger partial charge in [-0.1, -0.05) is 66.1 Å². The van der Waals surface area contributed by atoms with Crippen LogP contribution < -0.4 is 4.90 Å². The molecule has 2 atom stereocenters. The summed E-state index contributed by atoms with van der Waals surface area (Å²) in [5.74, 6) is 0.523. The molecule has 7 nitrogen and oxygen atoms in total. The monoisotopic (exact) mass is 621 g/mol. The standard InChI is InChI=1S/C32H33Cl2N5O2S/c1-3-19-10-22-5-4-21(20-6-8-38(9-7-20)18-29(41)39-16-26(40)17-39)13-27(22)31(19)37(2)32-36-30(28(15-35)42-32)23-11-24(33)14-25(34)12-23/h4-6,11-14,19,26,31,40H,3,7-10,16-18H2,1-2H3. The normalized spacial score (nSPS) is 20.6. The summed E-state index contributed by atoms with van der Waals surface area (Å²) in [6.45, 7) is 5.10. The van der Waals surface area contributed by atoms with Gasteiger partial charge in [-0.05, 0) is 65.3 Å². The lowest BCUT2D eigenvalue weighted by Crippen LogP contribution is -2.56. The van der Waals surface area contributed by atoms with Gasteiger partial charge in [0.15, 0.2) is 5.13 Å². The van der Waals surface area contributed by atoms with Crippen molar-refractivity contribution in [3.8, 4) is 17.3 Å². The number of anilines is 1. The number of nitrogens with zero attached hydrogens (tertiary/aromatic N) is 5. The van der Waals surface area contributed by atoms with E-state index >= 15 is 0 Å².